The Morgan fingerprint density at radius 1 is 1.07 bits per heavy atom. The normalized spacial score (nSPS) is 14.5. The summed E-state index contributed by atoms with van der Waals surface area (Å²) < 4.78 is 19.4. The Hall–Kier alpha value is -2.51. The number of methoxy groups -OCH3 is 2. The molecule has 1 aliphatic rings. The Kier molecular flexibility index (Phi) is 5.28. The molecule has 148 valence electrons. The smallest absolute Gasteiger partial charge is 0.270 e. The predicted molar refractivity (Wildman–Crippen MR) is 110 cm³/mol. The summed E-state index contributed by atoms with van der Waals surface area (Å²) in [6.45, 7) is 5.10. The molecule has 1 aromatic carbocycles. The van der Waals surface area contributed by atoms with Gasteiger partial charge in [0.1, 0.15) is 17.2 Å². The van der Waals surface area contributed by atoms with Crippen LogP contribution in [0.1, 0.15) is 20.9 Å². The van der Waals surface area contributed by atoms with Gasteiger partial charge < -0.3 is 23.7 Å². The van der Waals surface area contributed by atoms with Crippen molar-refractivity contribution in [2.75, 3.05) is 40.5 Å². The van der Waals surface area contributed by atoms with Crippen molar-refractivity contribution < 1.29 is 19.0 Å². The number of aryl methyl sites for hydroxylation is 1. The second-order valence-electron chi connectivity index (χ2n) is 6.85. The number of nitrogens with zero attached hydrogens (tertiary/aromatic N) is 2. The maximum atomic E-state index is 13.2. The molecule has 2 aromatic heterocycles. The fourth-order valence-corrected chi connectivity index (χ4v) is 4.54. The Morgan fingerprint density at radius 2 is 1.75 bits per heavy atom. The number of carbonyl (C=O) groups is 1. The van der Waals surface area contributed by atoms with E-state index in [1.54, 1.807) is 25.6 Å². The van der Waals surface area contributed by atoms with Crippen molar-refractivity contribution in [2.45, 2.75) is 13.5 Å². The highest BCUT2D eigenvalue weighted by atomic mass is 32.1. The van der Waals surface area contributed by atoms with Gasteiger partial charge in [-0.3, -0.25) is 4.79 Å². The van der Waals surface area contributed by atoms with Crippen molar-refractivity contribution in [1.29, 1.82) is 0 Å². The molecule has 6 nitrogen and oxygen atoms in total. The molecule has 1 fully saturated rings. The SMILES string of the molecule is COc1cc(Cn2c(C(=O)N3CCOCC3)cc3sc(C)cc32)cc(OC)c1. The summed E-state index contributed by atoms with van der Waals surface area (Å²) in [6, 6.07) is 9.98. The van der Waals surface area contributed by atoms with Gasteiger partial charge in [0.2, 0.25) is 0 Å². The van der Waals surface area contributed by atoms with Crippen molar-refractivity contribution in [3.8, 4) is 11.5 Å². The van der Waals surface area contributed by atoms with Crippen molar-refractivity contribution >= 4 is 27.5 Å². The number of thiophene rings is 1. The molecule has 7 heteroatoms. The number of hydrogen-bond acceptors (Lipinski definition) is 5. The van der Waals surface area contributed by atoms with E-state index in [2.05, 4.69) is 17.6 Å². The Morgan fingerprint density at radius 3 is 2.39 bits per heavy atom. The van der Waals surface area contributed by atoms with E-state index in [1.165, 1.54) is 4.88 Å². The van der Waals surface area contributed by atoms with E-state index in [0.29, 0.717) is 38.5 Å². The number of morpholine rings is 1. The lowest BCUT2D eigenvalue weighted by Gasteiger charge is -2.27. The number of hydrogen-bond donors (Lipinski definition) is 0. The average Bonchev–Trinajstić information content (AvgIpc) is 3.24. The van der Waals surface area contributed by atoms with Crippen LogP contribution in [0.3, 0.4) is 0 Å². The van der Waals surface area contributed by atoms with Crippen LogP contribution in [0.5, 0.6) is 11.5 Å². The molecule has 0 unspecified atom stereocenters. The summed E-state index contributed by atoms with van der Waals surface area (Å²) in [6.07, 6.45) is 0. The molecule has 0 N–H and O–H groups in total. The van der Waals surface area contributed by atoms with Gasteiger partial charge in [0.05, 0.1) is 37.6 Å². The van der Waals surface area contributed by atoms with Gasteiger partial charge in [0, 0.05) is 30.6 Å². The molecule has 0 radical (unpaired) electrons. The Labute approximate surface area is 168 Å². The third kappa shape index (κ3) is 3.59. The van der Waals surface area contributed by atoms with Crippen LogP contribution in [0, 0.1) is 6.92 Å². The van der Waals surface area contributed by atoms with Crippen LogP contribution >= 0.6 is 11.3 Å². The zero-order valence-corrected chi connectivity index (χ0v) is 17.2. The van der Waals surface area contributed by atoms with E-state index in [1.807, 2.05) is 29.2 Å². The summed E-state index contributed by atoms with van der Waals surface area (Å²) in [7, 11) is 3.28. The molecule has 0 atom stereocenters. The van der Waals surface area contributed by atoms with Gasteiger partial charge in [-0.1, -0.05) is 0 Å². The summed E-state index contributed by atoms with van der Waals surface area (Å²) in [5, 5.41) is 0. The van der Waals surface area contributed by atoms with Gasteiger partial charge in [-0.25, -0.2) is 0 Å². The fourth-order valence-electron chi connectivity index (χ4n) is 3.58. The quantitative estimate of drug-likeness (QED) is 0.657. The van der Waals surface area contributed by atoms with Crippen molar-refractivity contribution in [3.63, 3.8) is 0 Å². The number of rotatable bonds is 5. The molecular formula is C21H24N2O4S. The lowest BCUT2D eigenvalue weighted by molar-refractivity contribution is 0.0296. The van der Waals surface area contributed by atoms with Crippen molar-refractivity contribution in [3.05, 3.63) is 46.5 Å². The van der Waals surface area contributed by atoms with Crippen LogP contribution < -0.4 is 9.47 Å². The number of carbonyl (C=O) groups excluding carboxylic acids is 1. The third-order valence-corrected chi connectivity index (χ3v) is 5.97. The zero-order chi connectivity index (χ0) is 19.7. The Bertz CT molecular complexity index is 979. The second kappa shape index (κ2) is 7.85. The summed E-state index contributed by atoms with van der Waals surface area (Å²) >= 11 is 1.71. The van der Waals surface area contributed by atoms with E-state index < -0.39 is 0 Å². The molecule has 0 saturated carbocycles. The standard InChI is InChI=1S/C21H24N2O4S/c1-14-8-18-20(28-14)12-19(21(24)22-4-6-27-7-5-22)23(18)13-15-9-16(25-2)11-17(10-15)26-3/h8-12H,4-7,13H2,1-3H3. The highest BCUT2D eigenvalue weighted by molar-refractivity contribution is 7.19. The van der Waals surface area contributed by atoms with Crippen LogP contribution in [0.2, 0.25) is 0 Å². The van der Waals surface area contributed by atoms with Crippen molar-refractivity contribution in [1.82, 2.24) is 9.47 Å². The topological polar surface area (TPSA) is 52.9 Å². The molecular weight excluding hydrogens is 376 g/mol. The summed E-state index contributed by atoms with van der Waals surface area (Å²) in [4.78, 5) is 16.3. The first-order valence-corrected chi connectivity index (χ1v) is 10.1. The van der Waals surface area contributed by atoms with Crippen LogP contribution in [-0.2, 0) is 11.3 Å². The molecule has 3 heterocycles. The van der Waals surface area contributed by atoms with E-state index in [0.717, 1.165) is 27.3 Å². The summed E-state index contributed by atoms with van der Waals surface area (Å²) in [5.41, 5.74) is 2.82. The van der Waals surface area contributed by atoms with Gasteiger partial charge in [-0.05, 0) is 36.8 Å². The second-order valence-corrected chi connectivity index (χ2v) is 8.14. The molecule has 1 amide bonds. The number of aromatic nitrogens is 1. The van der Waals surface area contributed by atoms with Gasteiger partial charge in [-0.15, -0.1) is 11.3 Å². The van der Waals surface area contributed by atoms with E-state index >= 15 is 0 Å². The number of benzene rings is 1. The highest BCUT2D eigenvalue weighted by Gasteiger charge is 2.24. The molecule has 1 aliphatic heterocycles. The van der Waals surface area contributed by atoms with E-state index in [9.17, 15) is 4.79 Å². The monoisotopic (exact) mass is 400 g/mol. The molecule has 0 spiro atoms. The largest absolute Gasteiger partial charge is 0.497 e. The maximum absolute atomic E-state index is 13.2. The van der Waals surface area contributed by atoms with Gasteiger partial charge in [-0.2, -0.15) is 0 Å². The van der Waals surface area contributed by atoms with Gasteiger partial charge in [0.15, 0.2) is 0 Å². The van der Waals surface area contributed by atoms with Crippen LogP contribution in [0.15, 0.2) is 30.3 Å². The van der Waals surface area contributed by atoms with Crippen LogP contribution in [-0.4, -0.2) is 55.9 Å². The van der Waals surface area contributed by atoms with Crippen LogP contribution in [0.25, 0.3) is 10.2 Å². The van der Waals surface area contributed by atoms with Crippen molar-refractivity contribution in [2.24, 2.45) is 0 Å². The fraction of sp³-hybridized carbons (Fsp3) is 0.381. The van der Waals surface area contributed by atoms with E-state index in [4.69, 9.17) is 14.2 Å². The zero-order valence-electron chi connectivity index (χ0n) is 16.4. The third-order valence-electron chi connectivity index (χ3n) is 4.98. The highest BCUT2D eigenvalue weighted by Crippen LogP contribution is 2.31. The molecule has 1 saturated heterocycles. The maximum Gasteiger partial charge on any atom is 0.270 e. The molecule has 0 aliphatic carbocycles. The number of amides is 1. The van der Waals surface area contributed by atoms with Gasteiger partial charge >= 0.3 is 0 Å². The minimum atomic E-state index is 0.0548. The minimum absolute atomic E-state index is 0.0548. The molecule has 4 rings (SSSR count). The van der Waals surface area contributed by atoms with Crippen LogP contribution in [0.4, 0.5) is 0 Å². The first kappa shape index (κ1) is 18.8. The lowest BCUT2D eigenvalue weighted by Crippen LogP contribution is -2.41. The lowest BCUT2D eigenvalue weighted by atomic mass is 10.2. The molecule has 28 heavy (non-hydrogen) atoms. The minimum Gasteiger partial charge on any atom is -0.497 e. The number of ether oxygens (including phenoxy) is 3. The molecule has 0 bridgehead atoms. The van der Waals surface area contributed by atoms with Gasteiger partial charge in [0.25, 0.3) is 5.91 Å². The Balaban J connectivity index is 1.75. The van der Waals surface area contributed by atoms with E-state index in [-0.39, 0.29) is 5.91 Å². The first-order valence-electron chi connectivity index (χ1n) is 9.27. The average molecular weight is 401 g/mol. The predicted octanol–water partition coefficient (Wildman–Crippen LogP) is 3.55. The number of fused-ring (bicyclic) bond motifs is 1. The summed E-state index contributed by atoms with van der Waals surface area (Å²) in [5.74, 6) is 1.53. The first-order chi connectivity index (χ1) is 13.6. The molecule has 3 aromatic rings.